The smallest absolute Gasteiger partial charge is 0.142 e. The molecule has 0 aromatic heterocycles. The van der Waals surface area contributed by atoms with Gasteiger partial charge in [-0.25, -0.2) is 4.39 Å². The highest BCUT2D eigenvalue weighted by Crippen LogP contribution is 2.26. The van der Waals surface area contributed by atoms with Crippen LogP contribution in [-0.2, 0) is 5.67 Å². The molecule has 0 aliphatic rings. The quantitative estimate of drug-likeness (QED) is 0.667. The molecule has 0 bridgehead atoms. The molecule has 0 saturated heterocycles. The van der Waals surface area contributed by atoms with Gasteiger partial charge in [-0.2, -0.15) is 0 Å². The third-order valence-corrected chi connectivity index (χ3v) is 2.68. The number of hydrogen-bond donors (Lipinski definition) is 0. The minimum Gasteiger partial charge on any atom is -0.238 e. The van der Waals surface area contributed by atoms with Crippen molar-refractivity contribution < 1.29 is 4.39 Å². The Kier molecular flexibility index (Phi) is 2.66. The predicted octanol–water partition coefficient (Wildman–Crippen LogP) is 3.27. The Balaban J connectivity index is 2.93. The highest BCUT2D eigenvalue weighted by atomic mass is 79.9. The van der Waals surface area contributed by atoms with Gasteiger partial charge < -0.3 is 0 Å². The van der Waals surface area contributed by atoms with Crippen LogP contribution in [0.25, 0.3) is 0 Å². The van der Waals surface area contributed by atoms with E-state index in [9.17, 15) is 4.39 Å². The standard InChI is InChI=1S/C9H10BrF/c1-9(11,7-10)8-5-3-2-4-6-8/h2-6H,7H2,1H3. The van der Waals surface area contributed by atoms with Crippen LogP contribution in [0.4, 0.5) is 4.39 Å². The fourth-order valence-electron chi connectivity index (χ4n) is 0.863. The summed E-state index contributed by atoms with van der Waals surface area (Å²) in [5, 5.41) is 0.337. The van der Waals surface area contributed by atoms with Crippen molar-refractivity contribution in [3.63, 3.8) is 0 Å². The first-order valence-electron chi connectivity index (χ1n) is 3.47. The van der Waals surface area contributed by atoms with Gasteiger partial charge in [0.1, 0.15) is 5.67 Å². The van der Waals surface area contributed by atoms with Crippen molar-refractivity contribution in [3.8, 4) is 0 Å². The molecular formula is C9H10BrF. The maximum absolute atomic E-state index is 13.5. The summed E-state index contributed by atoms with van der Waals surface area (Å²) >= 11 is 3.13. The van der Waals surface area contributed by atoms with Gasteiger partial charge in [0.15, 0.2) is 0 Å². The van der Waals surface area contributed by atoms with E-state index in [1.54, 1.807) is 19.1 Å². The first-order chi connectivity index (χ1) is 5.17. The van der Waals surface area contributed by atoms with E-state index in [2.05, 4.69) is 15.9 Å². The predicted molar refractivity (Wildman–Crippen MR) is 48.7 cm³/mol. The van der Waals surface area contributed by atoms with Crippen LogP contribution in [0.3, 0.4) is 0 Å². The second kappa shape index (κ2) is 3.35. The van der Waals surface area contributed by atoms with Gasteiger partial charge in [-0.3, -0.25) is 0 Å². The Bertz CT molecular complexity index is 218. The van der Waals surface area contributed by atoms with Crippen molar-refractivity contribution in [1.82, 2.24) is 0 Å². The van der Waals surface area contributed by atoms with E-state index >= 15 is 0 Å². The molecule has 0 N–H and O–H groups in total. The van der Waals surface area contributed by atoms with Crippen LogP contribution >= 0.6 is 15.9 Å². The third kappa shape index (κ3) is 2.03. The molecule has 1 aromatic rings. The highest BCUT2D eigenvalue weighted by molar-refractivity contribution is 9.09. The average molecular weight is 217 g/mol. The zero-order valence-corrected chi connectivity index (χ0v) is 7.94. The van der Waals surface area contributed by atoms with Gasteiger partial charge in [0.2, 0.25) is 0 Å². The number of hydrogen-bond acceptors (Lipinski definition) is 0. The van der Waals surface area contributed by atoms with Gasteiger partial charge in [0, 0.05) is 5.33 Å². The number of halogens is 2. The Labute approximate surface area is 74.6 Å². The van der Waals surface area contributed by atoms with Crippen LogP contribution in [0.5, 0.6) is 0 Å². The number of rotatable bonds is 2. The molecule has 0 saturated carbocycles. The van der Waals surface area contributed by atoms with Crippen LogP contribution in [-0.4, -0.2) is 5.33 Å². The third-order valence-electron chi connectivity index (χ3n) is 1.63. The second-order valence-electron chi connectivity index (χ2n) is 2.70. The van der Waals surface area contributed by atoms with Gasteiger partial charge in [0.05, 0.1) is 0 Å². The zero-order chi connectivity index (χ0) is 8.32. The average Bonchev–Trinajstić information content (AvgIpc) is 2.06. The summed E-state index contributed by atoms with van der Waals surface area (Å²) in [5.74, 6) is 0. The number of benzene rings is 1. The van der Waals surface area contributed by atoms with E-state index in [4.69, 9.17) is 0 Å². The van der Waals surface area contributed by atoms with E-state index in [0.29, 0.717) is 5.33 Å². The summed E-state index contributed by atoms with van der Waals surface area (Å²) in [6.07, 6.45) is 0. The van der Waals surface area contributed by atoms with Gasteiger partial charge >= 0.3 is 0 Å². The fraction of sp³-hybridized carbons (Fsp3) is 0.333. The Morgan fingerprint density at radius 2 is 1.91 bits per heavy atom. The van der Waals surface area contributed by atoms with Gasteiger partial charge in [-0.05, 0) is 12.5 Å². The maximum Gasteiger partial charge on any atom is 0.142 e. The number of alkyl halides is 2. The van der Waals surface area contributed by atoms with Gasteiger partial charge in [-0.1, -0.05) is 46.3 Å². The van der Waals surface area contributed by atoms with Crippen LogP contribution in [0, 0.1) is 0 Å². The van der Waals surface area contributed by atoms with Gasteiger partial charge in [0.25, 0.3) is 0 Å². The molecule has 1 aromatic carbocycles. The van der Waals surface area contributed by atoms with Crippen LogP contribution in [0.2, 0.25) is 0 Å². The van der Waals surface area contributed by atoms with E-state index in [0.717, 1.165) is 5.56 Å². The van der Waals surface area contributed by atoms with E-state index in [-0.39, 0.29) is 0 Å². The Morgan fingerprint density at radius 3 is 2.36 bits per heavy atom. The van der Waals surface area contributed by atoms with E-state index in [1.807, 2.05) is 18.2 Å². The first-order valence-corrected chi connectivity index (χ1v) is 4.59. The molecule has 1 unspecified atom stereocenters. The summed E-state index contributed by atoms with van der Waals surface area (Å²) in [6.45, 7) is 1.57. The molecule has 0 amide bonds. The largest absolute Gasteiger partial charge is 0.238 e. The molecule has 1 atom stereocenters. The summed E-state index contributed by atoms with van der Waals surface area (Å²) in [7, 11) is 0. The van der Waals surface area contributed by atoms with Crippen molar-refractivity contribution in [2.75, 3.05) is 5.33 Å². The van der Waals surface area contributed by atoms with Crippen molar-refractivity contribution >= 4 is 15.9 Å². The fourth-order valence-corrected chi connectivity index (χ4v) is 1.19. The molecule has 0 fully saturated rings. The summed E-state index contributed by atoms with van der Waals surface area (Å²) in [4.78, 5) is 0. The summed E-state index contributed by atoms with van der Waals surface area (Å²) < 4.78 is 13.5. The Morgan fingerprint density at radius 1 is 1.36 bits per heavy atom. The van der Waals surface area contributed by atoms with Crippen molar-refractivity contribution in [2.24, 2.45) is 0 Å². The molecule has 0 nitrogen and oxygen atoms in total. The lowest BCUT2D eigenvalue weighted by molar-refractivity contribution is 0.230. The molecule has 0 spiro atoms. The van der Waals surface area contributed by atoms with Crippen LogP contribution in [0.15, 0.2) is 30.3 Å². The monoisotopic (exact) mass is 216 g/mol. The lowest BCUT2D eigenvalue weighted by Crippen LogP contribution is -2.16. The molecular weight excluding hydrogens is 207 g/mol. The van der Waals surface area contributed by atoms with Crippen molar-refractivity contribution in [1.29, 1.82) is 0 Å². The summed E-state index contributed by atoms with van der Waals surface area (Å²) in [6, 6.07) is 9.15. The van der Waals surface area contributed by atoms with Crippen LogP contribution in [0.1, 0.15) is 12.5 Å². The lowest BCUT2D eigenvalue weighted by Gasteiger charge is -2.16. The molecule has 0 heterocycles. The molecule has 11 heavy (non-hydrogen) atoms. The molecule has 1 rings (SSSR count). The first kappa shape index (κ1) is 8.72. The maximum atomic E-state index is 13.5. The lowest BCUT2D eigenvalue weighted by atomic mass is 10.0. The zero-order valence-electron chi connectivity index (χ0n) is 6.35. The molecule has 60 valence electrons. The van der Waals surface area contributed by atoms with Crippen LogP contribution < -0.4 is 0 Å². The highest BCUT2D eigenvalue weighted by Gasteiger charge is 2.23. The molecule has 2 heteroatoms. The summed E-state index contributed by atoms with van der Waals surface area (Å²) in [5.41, 5.74) is -0.529. The minimum atomic E-state index is -1.25. The minimum absolute atomic E-state index is 0.337. The van der Waals surface area contributed by atoms with E-state index in [1.165, 1.54) is 0 Å². The van der Waals surface area contributed by atoms with Crippen molar-refractivity contribution in [2.45, 2.75) is 12.6 Å². The SMILES string of the molecule is CC(F)(CBr)c1ccccc1. The van der Waals surface area contributed by atoms with Gasteiger partial charge in [-0.15, -0.1) is 0 Å². The molecule has 0 radical (unpaired) electrons. The molecule has 0 aliphatic heterocycles. The Hall–Kier alpha value is -0.370. The second-order valence-corrected chi connectivity index (χ2v) is 3.26. The van der Waals surface area contributed by atoms with E-state index < -0.39 is 5.67 Å². The molecule has 0 aliphatic carbocycles. The topological polar surface area (TPSA) is 0 Å². The van der Waals surface area contributed by atoms with Crippen molar-refractivity contribution in [3.05, 3.63) is 35.9 Å². The normalized spacial score (nSPS) is 15.9.